The zero-order chi connectivity index (χ0) is 10.8. The molecule has 0 atom stereocenters. The first-order chi connectivity index (χ1) is 7.18. The number of nitrogens with one attached hydrogen (secondary N) is 1. The molecule has 0 aromatic carbocycles. The van der Waals surface area contributed by atoms with E-state index in [0.717, 1.165) is 10.7 Å². The lowest BCUT2D eigenvalue weighted by Crippen LogP contribution is -2.15. The highest BCUT2D eigenvalue weighted by atomic mass is 32.1. The van der Waals surface area contributed by atoms with Crippen molar-refractivity contribution in [3.8, 4) is 0 Å². The van der Waals surface area contributed by atoms with Gasteiger partial charge in [-0.25, -0.2) is 4.98 Å². The number of hydrogen-bond acceptors (Lipinski definition) is 4. The highest BCUT2D eigenvalue weighted by Gasteiger charge is 2.11. The van der Waals surface area contributed by atoms with Crippen molar-refractivity contribution in [3.63, 3.8) is 0 Å². The van der Waals surface area contributed by atoms with Crippen molar-refractivity contribution in [3.05, 3.63) is 29.2 Å². The number of thiazole rings is 1. The predicted molar refractivity (Wildman–Crippen MR) is 58.0 cm³/mol. The Morgan fingerprint density at radius 3 is 2.93 bits per heavy atom. The van der Waals surface area contributed by atoms with E-state index in [4.69, 9.17) is 0 Å². The predicted octanol–water partition coefficient (Wildman–Crippen LogP) is 1.44. The molecule has 5 nitrogen and oxygen atoms in total. The van der Waals surface area contributed by atoms with Crippen molar-refractivity contribution in [2.75, 3.05) is 5.32 Å². The number of aryl methyl sites for hydroxylation is 2. The van der Waals surface area contributed by atoms with Crippen LogP contribution in [0.5, 0.6) is 0 Å². The first-order valence-corrected chi connectivity index (χ1v) is 5.26. The van der Waals surface area contributed by atoms with E-state index < -0.39 is 0 Å². The molecule has 15 heavy (non-hydrogen) atoms. The van der Waals surface area contributed by atoms with Crippen LogP contribution in [-0.4, -0.2) is 20.7 Å². The van der Waals surface area contributed by atoms with Crippen LogP contribution in [-0.2, 0) is 7.05 Å². The summed E-state index contributed by atoms with van der Waals surface area (Å²) in [4.78, 5) is 15.8. The molecule has 0 aliphatic carbocycles. The fourth-order valence-electron chi connectivity index (χ4n) is 1.19. The third-order valence-electron chi connectivity index (χ3n) is 2.03. The fourth-order valence-corrected chi connectivity index (χ4v) is 1.88. The van der Waals surface area contributed by atoms with Crippen molar-refractivity contribution < 1.29 is 4.79 Å². The Hall–Kier alpha value is -1.69. The molecule has 0 fully saturated rings. The van der Waals surface area contributed by atoms with Gasteiger partial charge in [0, 0.05) is 13.2 Å². The molecule has 0 saturated heterocycles. The van der Waals surface area contributed by atoms with Gasteiger partial charge in [0.25, 0.3) is 5.91 Å². The summed E-state index contributed by atoms with van der Waals surface area (Å²) in [6.07, 6.45) is 1.59. The van der Waals surface area contributed by atoms with Gasteiger partial charge in [-0.05, 0) is 13.0 Å². The molecule has 2 aromatic rings. The van der Waals surface area contributed by atoms with Crippen LogP contribution >= 0.6 is 11.3 Å². The van der Waals surface area contributed by atoms with Gasteiger partial charge in [0.2, 0.25) is 0 Å². The molecular formula is C9H10N4OS. The maximum Gasteiger partial charge on any atom is 0.274 e. The highest BCUT2D eigenvalue weighted by molar-refractivity contribution is 7.14. The molecule has 2 rings (SSSR count). The largest absolute Gasteiger partial charge is 0.311 e. The SMILES string of the molecule is Cc1ncsc1NC(=O)c1ccnn1C. The average molecular weight is 222 g/mol. The van der Waals surface area contributed by atoms with Crippen molar-refractivity contribution in [2.45, 2.75) is 6.92 Å². The molecule has 0 saturated carbocycles. The third-order valence-corrected chi connectivity index (χ3v) is 2.87. The van der Waals surface area contributed by atoms with Crippen LogP contribution in [0.4, 0.5) is 5.00 Å². The summed E-state index contributed by atoms with van der Waals surface area (Å²) >= 11 is 1.41. The number of carbonyl (C=O) groups is 1. The molecule has 1 amide bonds. The van der Waals surface area contributed by atoms with E-state index in [1.807, 2.05) is 6.92 Å². The summed E-state index contributed by atoms with van der Waals surface area (Å²) in [5.74, 6) is -0.164. The molecule has 2 aromatic heterocycles. The van der Waals surface area contributed by atoms with Gasteiger partial charge >= 0.3 is 0 Å². The average Bonchev–Trinajstić information content (AvgIpc) is 2.76. The minimum Gasteiger partial charge on any atom is -0.311 e. The summed E-state index contributed by atoms with van der Waals surface area (Å²) in [6.45, 7) is 1.86. The maximum absolute atomic E-state index is 11.8. The van der Waals surface area contributed by atoms with Crippen LogP contribution in [0.1, 0.15) is 16.2 Å². The van der Waals surface area contributed by atoms with Gasteiger partial charge in [-0.1, -0.05) is 0 Å². The molecule has 0 spiro atoms. The fraction of sp³-hybridized carbons (Fsp3) is 0.222. The van der Waals surface area contributed by atoms with Crippen LogP contribution in [0.15, 0.2) is 17.8 Å². The molecule has 0 aliphatic heterocycles. The Morgan fingerprint density at radius 1 is 1.60 bits per heavy atom. The Kier molecular flexibility index (Phi) is 2.51. The third kappa shape index (κ3) is 1.89. The van der Waals surface area contributed by atoms with E-state index in [1.54, 1.807) is 24.8 Å². The minimum atomic E-state index is -0.164. The van der Waals surface area contributed by atoms with Gasteiger partial charge in [-0.2, -0.15) is 5.10 Å². The van der Waals surface area contributed by atoms with Crippen molar-refractivity contribution >= 4 is 22.2 Å². The van der Waals surface area contributed by atoms with E-state index in [1.165, 1.54) is 16.0 Å². The lowest BCUT2D eigenvalue weighted by Gasteiger charge is -2.02. The lowest BCUT2D eigenvalue weighted by atomic mass is 10.4. The van der Waals surface area contributed by atoms with Gasteiger partial charge in [-0.15, -0.1) is 11.3 Å². The zero-order valence-electron chi connectivity index (χ0n) is 8.39. The number of carbonyl (C=O) groups excluding carboxylic acids is 1. The minimum absolute atomic E-state index is 0.164. The number of amides is 1. The summed E-state index contributed by atoms with van der Waals surface area (Å²) < 4.78 is 1.53. The number of hydrogen-bond donors (Lipinski definition) is 1. The van der Waals surface area contributed by atoms with E-state index in [-0.39, 0.29) is 5.91 Å². The van der Waals surface area contributed by atoms with E-state index in [2.05, 4.69) is 15.4 Å². The smallest absolute Gasteiger partial charge is 0.274 e. The molecule has 0 radical (unpaired) electrons. The van der Waals surface area contributed by atoms with Gasteiger partial charge in [-0.3, -0.25) is 9.48 Å². The van der Waals surface area contributed by atoms with E-state index in [9.17, 15) is 4.79 Å². The molecule has 0 bridgehead atoms. The molecule has 78 valence electrons. The molecule has 1 N–H and O–H groups in total. The van der Waals surface area contributed by atoms with Gasteiger partial charge < -0.3 is 5.32 Å². The lowest BCUT2D eigenvalue weighted by molar-refractivity contribution is 0.101. The molecule has 2 heterocycles. The van der Waals surface area contributed by atoms with Gasteiger partial charge in [0.1, 0.15) is 10.7 Å². The standard InChI is InChI=1S/C9H10N4OS/c1-6-9(15-5-10-6)12-8(14)7-3-4-11-13(7)2/h3-5H,1-2H3,(H,12,14). The molecular weight excluding hydrogens is 212 g/mol. The quantitative estimate of drug-likeness (QED) is 0.836. The first-order valence-electron chi connectivity index (χ1n) is 4.38. The first kappa shape index (κ1) is 9.85. The van der Waals surface area contributed by atoms with E-state index >= 15 is 0 Å². The van der Waals surface area contributed by atoms with Gasteiger partial charge in [0.05, 0.1) is 11.2 Å². The Bertz CT molecular complexity index is 488. The Morgan fingerprint density at radius 2 is 2.40 bits per heavy atom. The highest BCUT2D eigenvalue weighted by Crippen LogP contribution is 2.19. The second-order valence-corrected chi connectivity index (χ2v) is 3.92. The van der Waals surface area contributed by atoms with E-state index in [0.29, 0.717) is 5.69 Å². The number of aromatic nitrogens is 3. The van der Waals surface area contributed by atoms with Crippen LogP contribution in [0.3, 0.4) is 0 Å². The van der Waals surface area contributed by atoms with Crippen LogP contribution in [0.2, 0.25) is 0 Å². The zero-order valence-corrected chi connectivity index (χ0v) is 9.21. The Balaban J connectivity index is 2.18. The molecule has 0 aliphatic rings. The summed E-state index contributed by atoms with van der Waals surface area (Å²) in [7, 11) is 1.73. The normalized spacial score (nSPS) is 10.3. The maximum atomic E-state index is 11.8. The van der Waals surface area contributed by atoms with Crippen molar-refractivity contribution in [1.29, 1.82) is 0 Å². The van der Waals surface area contributed by atoms with Gasteiger partial charge in [0.15, 0.2) is 0 Å². The summed E-state index contributed by atoms with van der Waals surface area (Å²) in [5, 5.41) is 7.50. The van der Waals surface area contributed by atoms with Crippen LogP contribution < -0.4 is 5.32 Å². The summed E-state index contributed by atoms with van der Waals surface area (Å²) in [5.41, 5.74) is 3.06. The van der Waals surface area contributed by atoms with Crippen LogP contribution in [0, 0.1) is 6.92 Å². The molecule has 6 heteroatoms. The van der Waals surface area contributed by atoms with Crippen molar-refractivity contribution in [2.24, 2.45) is 7.05 Å². The topological polar surface area (TPSA) is 59.8 Å². The Labute approximate surface area is 90.8 Å². The number of rotatable bonds is 2. The van der Waals surface area contributed by atoms with Crippen LogP contribution in [0.25, 0.3) is 0 Å². The molecule has 0 unspecified atom stereocenters. The number of anilines is 1. The van der Waals surface area contributed by atoms with Crippen molar-refractivity contribution in [1.82, 2.24) is 14.8 Å². The second-order valence-electron chi connectivity index (χ2n) is 3.06. The monoisotopic (exact) mass is 222 g/mol. The number of nitrogens with zero attached hydrogens (tertiary/aromatic N) is 3. The summed E-state index contributed by atoms with van der Waals surface area (Å²) in [6, 6.07) is 1.67. The second kappa shape index (κ2) is 3.82.